The van der Waals surface area contributed by atoms with E-state index in [9.17, 15) is 13.2 Å². The number of nitrogens with one attached hydrogen (secondary N) is 1. The highest BCUT2D eigenvalue weighted by Crippen LogP contribution is 2.23. The molecule has 0 unspecified atom stereocenters. The summed E-state index contributed by atoms with van der Waals surface area (Å²) in [6.07, 6.45) is 0.712. The topological polar surface area (TPSA) is 84.9 Å². The van der Waals surface area contributed by atoms with E-state index in [4.69, 9.17) is 9.47 Å². The SMILES string of the molecule is CCCNS(=O)(=O)c1ccc(OCC(=O)N(C)c2ccc(OC)cc2)c(C)c1. The summed E-state index contributed by atoms with van der Waals surface area (Å²) in [5.74, 6) is 0.941. The van der Waals surface area contributed by atoms with Crippen molar-refractivity contribution in [1.82, 2.24) is 4.72 Å². The number of carbonyl (C=O) groups is 1. The smallest absolute Gasteiger partial charge is 0.264 e. The summed E-state index contributed by atoms with van der Waals surface area (Å²) < 4.78 is 37.6. The normalized spacial score (nSPS) is 11.1. The van der Waals surface area contributed by atoms with Crippen LogP contribution in [-0.4, -0.2) is 41.6 Å². The van der Waals surface area contributed by atoms with Crippen LogP contribution in [0.2, 0.25) is 0 Å². The van der Waals surface area contributed by atoms with E-state index in [-0.39, 0.29) is 17.4 Å². The highest BCUT2D eigenvalue weighted by Gasteiger charge is 2.16. The molecule has 1 amide bonds. The number of methoxy groups -OCH3 is 1. The van der Waals surface area contributed by atoms with Gasteiger partial charge in [-0.05, 0) is 61.4 Å². The monoisotopic (exact) mass is 406 g/mol. The molecule has 0 fully saturated rings. The van der Waals surface area contributed by atoms with Crippen molar-refractivity contribution < 1.29 is 22.7 Å². The van der Waals surface area contributed by atoms with E-state index in [1.54, 1.807) is 51.4 Å². The molecule has 0 spiro atoms. The molecule has 0 aliphatic carbocycles. The summed E-state index contributed by atoms with van der Waals surface area (Å²) in [7, 11) is -0.297. The minimum Gasteiger partial charge on any atom is -0.497 e. The van der Waals surface area contributed by atoms with Crippen LogP contribution < -0.4 is 19.1 Å². The number of sulfonamides is 1. The molecule has 8 heteroatoms. The zero-order valence-electron chi connectivity index (χ0n) is 16.6. The Labute approximate surface area is 166 Å². The van der Waals surface area contributed by atoms with Crippen LogP contribution >= 0.6 is 0 Å². The van der Waals surface area contributed by atoms with Gasteiger partial charge < -0.3 is 14.4 Å². The number of hydrogen-bond acceptors (Lipinski definition) is 5. The van der Waals surface area contributed by atoms with Crippen LogP contribution in [-0.2, 0) is 14.8 Å². The predicted octanol–water partition coefficient (Wildman–Crippen LogP) is 2.73. The number of anilines is 1. The standard InChI is InChI=1S/C20H26N2O5S/c1-5-12-21-28(24,25)18-10-11-19(15(2)13-18)27-14-20(23)22(3)16-6-8-17(26-4)9-7-16/h6-11,13,21H,5,12,14H2,1-4H3. The van der Waals surface area contributed by atoms with E-state index in [0.29, 0.717) is 30.0 Å². The van der Waals surface area contributed by atoms with Crippen molar-refractivity contribution in [3.8, 4) is 11.5 Å². The van der Waals surface area contributed by atoms with Gasteiger partial charge >= 0.3 is 0 Å². The molecule has 0 radical (unpaired) electrons. The van der Waals surface area contributed by atoms with E-state index < -0.39 is 10.0 Å². The lowest BCUT2D eigenvalue weighted by atomic mass is 10.2. The summed E-state index contributed by atoms with van der Waals surface area (Å²) in [5, 5.41) is 0. The zero-order valence-corrected chi connectivity index (χ0v) is 17.4. The largest absolute Gasteiger partial charge is 0.497 e. The molecule has 7 nitrogen and oxygen atoms in total. The third kappa shape index (κ3) is 5.46. The Morgan fingerprint density at radius 1 is 1.14 bits per heavy atom. The molecule has 0 bridgehead atoms. The molecule has 152 valence electrons. The summed E-state index contributed by atoms with van der Waals surface area (Å²) in [6.45, 7) is 3.85. The van der Waals surface area contributed by atoms with E-state index in [0.717, 1.165) is 5.69 Å². The molecule has 0 aliphatic rings. The molecule has 0 aliphatic heterocycles. The van der Waals surface area contributed by atoms with Gasteiger partial charge in [-0.3, -0.25) is 4.79 Å². The van der Waals surface area contributed by atoms with Crippen molar-refractivity contribution in [2.24, 2.45) is 0 Å². The number of rotatable bonds is 9. The number of carbonyl (C=O) groups excluding carboxylic acids is 1. The van der Waals surface area contributed by atoms with E-state index >= 15 is 0 Å². The van der Waals surface area contributed by atoms with Gasteiger partial charge in [-0.1, -0.05) is 6.92 Å². The third-order valence-electron chi connectivity index (χ3n) is 4.18. The fraction of sp³-hybridized carbons (Fsp3) is 0.350. The van der Waals surface area contributed by atoms with Crippen molar-refractivity contribution >= 4 is 21.6 Å². The Kier molecular flexibility index (Phi) is 7.42. The maximum Gasteiger partial charge on any atom is 0.264 e. The van der Waals surface area contributed by atoms with Crippen molar-refractivity contribution in [1.29, 1.82) is 0 Å². The van der Waals surface area contributed by atoms with Crippen LogP contribution in [0.25, 0.3) is 0 Å². The third-order valence-corrected chi connectivity index (χ3v) is 5.64. The van der Waals surface area contributed by atoms with Crippen LogP contribution in [0.3, 0.4) is 0 Å². The van der Waals surface area contributed by atoms with Crippen LogP contribution in [0.15, 0.2) is 47.4 Å². The molecular weight excluding hydrogens is 380 g/mol. The minimum atomic E-state index is -3.54. The molecule has 0 heterocycles. The Hall–Kier alpha value is -2.58. The fourth-order valence-corrected chi connectivity index (χ4v) is 3.68. The zero-order chi connectivity index (χ0) is 20.7. The molecule has 2 aromatic carbocycles. The lowest BCUT2D eigenvalue weighted by Gasteiger charge is -2.18. The van der Waals surface area contributed by atoms with Gasteiger partial charge in [-0.15, -0.1) is 0 Å². The lowest BCUT2D eigenvalue weighted by Crippen LogP contribution is -2.31. The molecule has 28 heavy (non-hydrogen) atoms. The van der Waals surface area contributed by atoms with Gasteiger partial charge in [0.25, 0.3) is 5.91 Å². The van der Waals surface area contributed by atoms with Crippen LogP contribution in [0.5, 0.6) is 11.5 Å². The fourth-order valence-electron chi connectivity index (χ4n) is 2.46. The second-order valence-corrected chi connectivity index (χ2v) is 8.03. The molecule has 0 aromatic heterocycles. The highest BCUT2D eigenvalue weighted by molar-refractivity contribution is 7.89. The number of nitrogens with zero attached hydrogens (tertiary/aromatic N) is 1. The van der Waals surface area contributed by atoms with E-state index in [1.165, 1.54) is 17.0 Å². The van der Waals surface area contributed by atoms with Crippen LogP contribution in [0.4, 0.5) is 5.69 Å². The molecule has 0 saturated heterocycles. The molecule has 2 rings (SSSR count). The second-order valence-electron chi connectivity index (χ2n) is 6.26. The van der Waals surface area contributed by atoms with E-state index in [2.05, 4.69) is 4.72 Å². The van der Waals surface area contributed by atoms with Crippen molar-refractivity contribution in [3.63, 3.8) is 0 Å². The molecule has 2 aromatic rings. The summed E-state index contributed by atoms with van der Waals surface area (Å²) >= 11 is 0. The first-order valence-electron chi connectivity index (χ1n) is 8.92. The number of likely N-dealkylation sites (N-methyl/N-ethyl adjacent to an activating group) is 1. The van der Waals surface area contributed by atoms with Gasteiger partial charge in [0.15, 0.2) is 6.61 Å². The first-order chi connectivity index (χ1) is 13.3. The lowest BCUT2D eigenvalue weighted by molar-refractivity contribution is -0.120. The number of aryl methyl sites for hydroxylation is 1. The number of amides is 1. The number of ether oxygens (including phenoxy) is 2. The van der Waals surface area contributed by atoms with Gasteiger partial charge in [-0.25, -0.2) is 13.1 Å². The maximum absolute atomic E-state index is 12.4. The van der Waals surface area contributed by atoms with E-state index in [1.807, 2.05) is 6.92 Å². The Morgan fingerprint density at radius 3 is 2.39 bits per heavy atom. The average Bonchev–Trinajstić information content (AvgIpc) is 2.70. The summed E-state index contributed by atoms with van der Waals surface area (Å²) in [6, 6.07) is 11.7. The summed E-state index contributed by atoms with van der Waals surface area (Å²) in [5.41, 5.74) is 1.36. The quantitative estimate of drug-likeness (QED) is 0.692. The first kappa shape index (κ1) is 21.7. The number of hydrogen-bond donors (Lipinski definition) is 1. The minimum absolute atomic E-state index is 0.163. The highest BCUT2D eigenvalue weighted by atomic mass is 32.2. The number of benzene rings is 2. The maximum atomic E-state index is 12.4. The van der Waals surface area contributed by atoms with Crippen LogP contribution in [0.1, 0.15) is 18.9 Å². The Morgan fingerprint density at radius 2 is 1.82 bits per heavy atom. The van der Waals surface area contributed by atoms with Crippen LogP contribution in [0, 0.1) is 6.92 Å². The molecule has 0 saturated carbocycles. The van der Waals surface area contributed by atoms with Crippen molar-refractivity contribution in [3.05, 3.63) is 48.0 Å². The first-order valence-corrected chi connectivity index (χ1v) is 10.4. The predicted molar refractivity (Wildman–Crippen MR) is 109 cm³/mol. The van der Waals surface area contributed by atoms with Gasteiger partial charge in [0, 0.05) is 19.3 Å². The van der Waals surface area contributed by atoms with Gasteiger partial charge in [0.2, 0.25) is 10.0 Å². The Bertz CT molecular complexity index is 911. The molecule has 0 atom stereocenters. The van der Waals surface area contributed by atoms with Gasteiger partial charge in [0.05, 0.1) is 12.0 Å². The van der Waals surface area contributed by atoms with Crippen molar-refractivity contribution in [2.75, 3.05) is 32.2 Å². The van der Waals surface area contributed by atoms with Crippen molar-refractivity contribution in [2.45, 2.75) is 25.2 Å². The van der Waals surface area contributed by atoms with Gasteiger partial charge in [0.1, 0.15) is 11.5 Å². The average molecular weight is 407 g/mol. The molecule has 1 N–H and O–H groups in total. The second kappa shape index (κ2) is 9.57. The van der Waals surface area contributed by atoms with Gasteiger partial charge in [-0.2, -0.15) is 0 Å². The molecular formula is C20H26N2O5S. The Balaban J connectivity index is 2.02. The summed E-state index contributed by atoms with van der Waals surface area (Å²) in [4.78, 5) is 14.1.